The third-order valence-corrected chi connectivity index (χ3v) is 4.60. The molecule has 152 valence electrons. The van der Waals surface area contributed by atoms with Crippen LogP contribution in [0.5, 0.6) is 5.75 Å². The lowest BCUT2D eigenvalue weighted by atomic mass is 10.1. The lowest BCUT2D eigenvalue weighted by molar-refractivity contribution is -0.138. The molecule has 1 atom stereocenters. The van der Waals surface area contributed by atoms with Crippen LogP contribution in [0.1, 0.15) is 33.6 Å². The Hall–Kier alpha value is -2.77. The van der Waals surface area contributed by atoms with Gasteiger partial charge in [0.2, 0.25) is 5.91 Å². The zero-order valence-electron chi connectivity index (χ0n) is 16.6. The molecule has 0 spiro atoms. The highest BCUT2D eigenvalue weighted by Crippen LogP contribution is 2.23. The van der Waals surface area contributed by atoms with Crippen LogP contribution in [-0.2, 0) is 14.3 Å². The van der Waals surface area contributed by atoms with Gasteiger partial charge in [0.15, 0.2) is 6.10 Å². The second-order valence-corrected chi connectivity index (χ2v) is 8.01. The van der Waals surface area contributed by atoms with Gasteiger partial charge in [0, 0.05) is 44.7 Å². The Morgan fingerprint density at radius 2 is 1.71 bits per heavy atom. The molecule has 2 fully saturated rings. The fourth-order valence-electron chi connectivity index (χ4n) is 3.16. The lowest BCUT2D eigenvalue weighted by Gasteiger charge is -2.36. The van der Waals surface area contributed by atoms with Crippen molar-refractivity contribution in [2.45, 2.75) is 45.3 Å². The van der Waals surface area contributed by atoms with Crippen LogP contribution in [0.2, 0.25) is 0 Å². The fourth-order valence-corrected chi connectivity index (χ4v) is 3.16. The quantitative estimate of drug-likeness (QED) is 0.795. The van der Waals surface area contributed by atoms with E-state index in [2.05, 4.69) is 10.2 Å². The summed E-state index contributed by atoms with van der Waals surface area (Å²) in [5, 5.41) is 2.29. The van der Waals surface area contributed by atoms with Crippen molar-refractivity contribution in [1.29, 1.82) is 0 Å². The number of nitrogens with zero attached hydrogens (tertiary/aromatic N) is 2. The van der Waals surface area contributed by atoms with Crippen molar-refractivity contribution in [1.82, 2.24) is 10.2 Å². The molecule has 1 aromatic carbocycles. The van der Waals surface area contributed by atoms with Crippen LogP contribution in [-0.4, -0.2) is 60.7 Å². The normalized spacial score (nSPS) is 20.6. The predicted molar refractivity (Wildman–Crippen MR) is 103 cm³/mol. The number of rotatable bonds is 3. The van der Waals surface area contributed by atoms with E-state index in [0.29, 0.717) is 38.3 Å². The van der Waals surface area contributed by atoms with E-state index in [9.17, 15) is 14.4 Å². The monoisotopic (exact) mass is 389 g/mol. The van der Waals surface area contributed by atoms with E-state index in [0.717, 1.165) is 5.69 Å². The van der Waals surface area contributed by atoms with Gasteiger partial charge in [0.05, 0.1) is 0 Å². The summed E-state index contributed by atoms with van der Waals surface area (Å²) in [6, 6.07) is 7.51. The Labute approximate surface area is 164 Å². The Bertz CT molecular complexity index is 733. The van der Waals surface area contributed by atoms with E-state index in [1.807, 2.05) is 45.0 Å². The average Bonchev–Trinajstić information content (AvgIpc) is 2.63. The Morgan fingerprint density at radius 1 is 1.07 bits per heavy atom. The number of hydrogen-bond donors (Lipinski definition) is 1. The van der Waals surface area contributed by atoms with Gasteiger partial charge in [-0.2, -0.15) is 0 Å². The number of piperazine rings is 1. The van der Waals surface area contributed by atoms with Crippen LogP contribution >= 0.6 is 0 Å². The van der Waals surface area contributed by atoms with E-state index < -0.39 is 17.6 Å². The van der Waals surface area contributed by atoms with E-state index in [4.69, 9.17) is 9.47 Å². The van der Waals surface area contributed by atoms with E-state index in [-0.39, 0.29) is 18.4 Å². The van der Waals surface area contributed by atoms with Crippen LogP contribution in [0.3, 0.4) is 0 Å². The van der Waals surface area contributed by atoms with Gasteiger partial charge < -0.3 is 19.3 Å². The molecule has 1 aromatic rings. The largest absolute Gasteiger partial charge is 0.481 e. The van der Waals surface area contributed by atoms with Crippen molar-refractivity contribution in [2.24, 2.45) is 0 Å². The molecule has 0 aromatic heterocycles. The first-order chi connectivity index (χ1) is 13.2. The van der Waals surface area contributed by atoms with Crippen molar-refractivity contribution >= 4 is 23.6 Å². The van der Waals surface area contributed by atoms with E-state index in [1.54, 1.807) is 4.90 Å². The minimum Gasteiger partial charge on any atom is -0.481 e. The van der Waals surface area contributed by atoms with Crippen LogP contribution in [0, 0.1) is 0 Å². The topological polar surface area (TPSA) is 88.2 Å². The highest BCUT2D eigenvalue weighted by atomic mass is 16.6. The first-order valence-corrected chi connectivity index (χ1v) is 9.54. The van der Waals surface area contributed by atoms with Gasteiger partial charge in [-0.3, -0.25) is 14.9 Å². The minimum atomic E-state index is -0.638. The average molecular weight is 389 g/mol. The number of carbonyl (C=O) groups is 3. The summed E-state index contributed by atoms with van der Waals surface area (Å²) in [6.07, 6.45) is -0.240. The number of piperidine rings is 1. The summed E-state index contributed by atoms with van der Waals surface area (Å²) in [5.74, 6) is -0.0602. The molecule has 28 heavy (non-hydrogen) atoms. The third kappa shape index (κ3) is 5.15. The molecule has 0 aliphatic carbocycles. The van der Waals surface area contributed by atoms with Gasteiger partial charge in [-0.25, -0.2) is 4.79 Å². The van der Waals surface area contributed by atoms with Gasteiger partial charge >= 0.3 is 6.09 Å². The summed E-state index contributed by atoms with van der Waals surface area (Å²) < 4.78 is 11.1. The number of ether oxygens (including phenoxy) is 2. The third-order valence-electron chi connectivity index (χ3n) is 4.60. The molecule has 1 N–H and O–H groups in total. The minimum absolute atomic E-state index is 0.259. The molecule has 8 heteroatoms. The molecule has 8 nitrogen and oxygen atoms in total. The molecule has 0 saturated carbocycles. The number of amides is 3. The zero-order chi connectivity index (χ0) is 20.3. The Morgan fingerprint density at radius 3 is 2.29 bits per heavy atom. The Balaban J connectivity index is 1.51. The molecule has 2 aliphatic rings. The number of carbonyl (C=O) groups excluding carboxylic acids is 3. The number of anilines is 1. The van der Waals surface area contributed by atoms with Gasteiger partial charge in [-0.1, -0.05) is 0 Å². The number of benzene rings is 1. The van der Waals surface area contributed by atoms with Crippen molar-refractivity contribution in [3.05, 3.63) is 24.3 Å². The predicted octanol–water partition coefficient (Wildman–Crippen LogP) is 1.93. The zero-order valence-corrected chi connectivity index (χ0v) is 16.6. The molecule has 3 amide bonds. The molecule has 2 heterocycles. The molecular formula is C20H27N3O5. The Kier molecular flexibility index (Phi) is 5.76. The summed E-state index contributed by atoms with van der Waals surface area (Å²) >= 11 is 0. The smallest absolute Gasteiger partial charge is 0.410 e. The molecule has 2 aliphatic heterocycles. The number of imide groups is 1. The fraction of sp³-hybridized carbons (Fsp3) is 0.550. The molecule has 0 bridgehead atoms. The maximum Gasteiger partial charge on any atom is 0.410 e. The maximum atomic E-state index is 12.2. The van der Waals surface area contributed by atoms with E-state index >= 15 is 0 Å². The van der Waals surface area contributed by atoms with Gasteiger partial charge in [0.25, 0.3) is 5.91 Å². The maximum absolute atomic E-state index is 12.2. The first-order valence-electron chi connectivity index (χ1n) is 9.54. The summed E-state index contributed by atoms with van der Waals surface area (Å²) in [6.45, 7) is 8.21. The lowest BCUT2D eigenvalue weighted by Crippen LogP contribution is -2.50. The molecule has 0 radical (unpaired) electrons. The molecular weight excluding hydrogens is 362 g/mol. The van der Waals surface area contributed by atoms with Crippen LogP contribution in [0.4, 0.5) is 10.5 Å². The molecule has 1 unspecified atom stereocenters. The highest BCUT2D eigenvalue weighted by molar-refractivity contribution is 5.99. The van der Waals surface area contributed by atoms with Crippen LogP contribution in [0.25, 0.3) is 0 Å². The standard InChI is InChI=1S/C20H27N3O5/c1-20(2,3)28-19(26)23-12-10-22(11-13-23)14-4-6-15(7-5-14)27-16-8-9-17(24)21-18(16)25/h4-7,16H,8-13H2,1-3H3,(H,21,24,25). The molecule has 3 rings (SSSR count). The number of hydrogen-bond acceptors (Lipinski definition) is 6. The van der Waals surface area contributed by atoms with Gasteiger partial charge in [-0.05, 0) is 45.0 Å². The van der Waals surface area contributed by atoms with Crippen LogP contribution < -0.4 is 15.0 Å². The van der Waals surface area contributed by atoms with Crippen LogP contribution in [0.15, 0.2) is 24.3 Å². The van der Waals surface area contributed by atoms with Crippen molar-refractivity contribution in [2.75, 3.05) is 31.1 Å². The van der Waals surface area contributed by atoms with Crippen molar-refractivity contribution in [3.8, 4) is 5.75 Å². The van der Waals surface area contributed by atoms with Gasteiger partial charge in [-0.15, -0.1) is 0 Å². The first kappa shape index (κ1) is 20.0. The molecule has 2 saturated heterocycles. The summed E-state index contributed by atoms with van der Waals surface area (Å²) in [7, 11) is 0. The summed E-state index contributed by atoms with van der Waals surface area (Å²) in [4.78, 5) is 39.1. The van der Waals surface area contributed by atoms with Crippen molar-refractivity contribution in [3.63, 3.8) is 0 Å². The van der Waals surface area contributed by atoms with Crippen molar-refractivity contribution < 1.29 is 23.9 Å². The highest BCUT2D eigenvalue weighted by Gasteiger charge is 2.28. The van der Waals surface area contributed by atoms with Gasteiger partial charge in [0.1, 0.15) is 11.4 Å². The number of nitrogens with one attached hydrogen (secondary N) is 1. The van der Waals surface area contributed by atoms with E-state index in [1.165, 1.54) is 0 Å². The summed E-state index contributed by atoms with van der Waals surface area (Å²) in [5.41, 5.74) is 0.534. The second kappa shape index (κ2) is 8.08. The second-order valence-electron chi connectivity index (χ2n) is 8.01. The SMILES string of the molecule is CC(C)(C)OC(=O)N1CCN(c2ccc(OC3CCC(=O)NC3=O)cc2)CC1.